The fourth-order valence-corrected chi connectivity index (χ4v) is 8.79. The summed E-state index contributed by atoms with van der Waals surface area (Å²) in [5.41, 5.74) is 2.48. The summed E-state index contributed by atoms with van der Waals surface area (Å²) < 4.78 is 16.1. The molecule has 3 aromatic rings. The minimum atomic E-state index is -3.12. The van der Waals surface area contributed by atoms with E-state index in [0.717, 1.165) is 20.4 Å². The molecule has 0 N–H and O–H groups in total. The maximum atomic E-state index is 6.93. The Balaban J connectivity index is 1.96. The summed E-state index contributed by atoms with van der Waals surface area (Å²) >= 11 is -3.12. The molecule has 1 aliphatic rings. The molecular formula is C26H30O2Se. The van der Waals surface area contributed by atoms with Crippen LogP contribution in [0.25, 0.3) is 0 Å². The summed E-state index contributed by atoms with van der Waals surface area (Å²) in [4.78, 5) is 0. The zero-order valence-corrected chi connectivity index (χ0v) is 19.9. The van der Waals surface area contributed by atoms with Crippen LogP contribution < -0.4 is 16.6 Å². The van der Waals surface area contributed by atoms with Crippen molar-refractivity contribution in [3.8, 4) is 11.5 Å². The van der Waals surface area contributed by atoms with Gasteiger partial charge in [-0.25, -0.2) is 0 Å². The molecule has 152 valence electrons. The molecule has 0 saturated heterocycles. The van der Waals surface area contributed by atoms with Gasteiger partial charge in [0, 0.05) is 0 Å². The second-order valence-electron chi connectivity index (χ2n) is 9.65. The van der Waals surface area contributed by atoms with Crippen LogP contribution in [0.5, 0.6) is 11.5 Å². The van der Waals surface area contributed by atoms with Gasteiger partial charge in [0.2, 0.25) is 0 Å². The summed E-state index contributed by atoms with van der Waals surface area (Å²) in [7, 11) is 0. The van der Waals surface area contributed by atoms with Crippen LogP contribution in [0.2, 0.25) is 0 Å². The molecule has 0 atom stereocenters. The van der Waals surface area contributed by atoms with Crippen molar-refractivity contribution in [2.75, 3.05) is 0 Å². The summed E-state index contributed by atoms with van der Waals surface area (Å²) in [6.07, 6.45) is 0. The third-order valence-corrected chi connectivity index (χ3v) is 10.7. The van der Waals surface area contributed by atoms with Gasteiger partial charge >= 0.3 is 178 Å². The van der Waals surface area contributed by atoms with Crippen LogP contribution in [0.15, 0.2) is 72.8 Å². The molecule has 0 aliphatic carbocycles. The van der Waals surface area contributed by atoms with E-state index in [-0.39, 0.29) is 10.8 Å². The van der Waals surface area contributed by atoms with Crippen molar-refractivity contribution in [2.24, 2.45) is 0 Å². The molecule has 1 heterocycles. The van der Waals surface area contributed by atoms with E-state index in [9.17, 15) is 0 Å². The number of fused-ring (bicyclic) bond motifs is 1. The van der Waals surface area contributed by atoms with E-state index >= 15 is 0 Å². The Bertz CT molecular complexity index is 973. The average Bonchev–Trinajstić information content (AvgIpc) is 3.08. The van der Waals surface area contributed by atoms with Crippen molar-refractivity contribution >= 4 is 22.4 Å². The van der Waals surface area contributed by atoms with Gasteiger partial charge in [0.25, 0.3) is 0 Å². The number of benzene rings is 3. The van der Waals surface area contributed by atoms with E-state index in [4.69, 9.17) is 7.64 Å². The van der Waals surface area contributed by atoms with E-state index in [0.29, 0.717) is 0 Å². The van der Waals surface area contributed by atoms with E-state index < -0.39 is 13.5 Å². The Morgan fingerprint density at radius 1 is 0.621 bits per heavy atom. The predicted molar refractivity (Wildman–Crippen MR) is 123 cm³/mol. The molecule has 0 amide bonds. The van der Waals surface area contributed by atoms with Crippen molar-refractivity contribution in [1.82, 2.24) is 0 Å². The molecule has 0 unspecified atom stereocenters. The first-order valence-electron chi connectivity index (χ1n) is 10.1. The van der Waals surface area contributed by atoms with Gasteiger partial charge in [-0.15, -0.1) is 0 Å². The van der Waals surface area contributed by atoms with E-state index in [2.05, 4.69) is 102 Å². The van der Waals surface area contributed by atoms with Crippen LogP contribution in [-0.4, -0.2) is 13.5 Å². The first kappa shape index (κ1) is 20.1. The van der Waals surface area contributed by atoms with Crippen LogP contribution in [-0.2, 0) is 10.8 Å². The van der Waals surface area contributed by atoms with E-state index in [1.165, 1.54) is 11.1 Å². The molecule has 4 rings (SSSR count). The van der Waals surface area contributed by atoms with Crippen LogP contribution in [0.3, 0.4) is 0 Å². The quantitative estimate of drug-likeness (QED) is 0.490. The zero-order chi connectivity index (χ0) is 20.9. The molecule has 0 bridgehead atoms. The summed E-state index contributed by atoms with van der Waals surface area (Å²) in [6.45, 7) is 13.5. The zero-order valence-electron chi connectivity index (χ0n) is 18.2. The van der Waals surface area contributed by atoms with Crippen molar-refractivity contribution in [3.63, 3.8) is 0 Å². The van der Waals surface area contributed by atoms with Gasteiger partial charge in [0.05, 0.1) is 0 Å². The van der Waals surface area contributed by atoms with Gasteiger partial charge in [0.15, 0.2) is 0 Å². The van der Waals surface area contributed by atoms with E-state index in [1.54, 1.807) is 0 Å². The van der Waals surface area contributed by atoms with Crippen molar-refractivity contribution < 1.29 is 7.64 Å². The topological polar surface area (TPSA) is 18.5 Å². The third-order valence-electron chi connectivity index (χ3n) is 5.24. The molecule has 1 aliphatic heterocycles. The van der Waals surface area contributed by atoms with Crippen LogP contribution >= 0.6 is 0 Å². The van der Waals surface area contributed by atoms with Crippen LogP contribution in [0, 0.1) is 0 Å². The molecule has 3 heteroatoms. The van der Waals surface area contributed by atoms with Crippen LogP contribution in [0.4, 0.5) is 0 Å². The molecular weight excluding hydrogens is 423 g/mol. The first-order valence-corrected chi connectivity index (χ1v) is 13.2. The van der Waals surface area contributed by atoms with Crippen molar-refractivity contribution in [1.29, 1.82) is 0 Å². The Morgan fingerprint density at radius 2 is 1.14 bits per heavy atom. The molecule has 0 saturated carbocycles. The predicted octanol–water partition coefficient (Wildman–Crippen LogP) is 5.31. The van der Waals surface area contributed by atoms with Gasteiger partial charge in [-0.2, -0.15) is 0 Å². The summed E-state index contributed by atoms with van der Waals surface area (Å²) in [6, 6.07) is 25.4. The third kappa shape index (κ3) is 3.58. The summed E-state index contributed by atoms with van der Waals surface area (Å²) in [5.74, 6) is 1.80. The van der Waals surface area contributed by atoms with Crippen LogP contribution in [0.1, 0.15) is 52.7 Å². The maximum absolute atomic E-state index is 6.93. The average molecular weight is 453 g/mol. The van der Waals surface area contributed by atoms with Gasteiger partial charge in [-0.05, 0) is 0 Å². The first-order chi connectivity index (χ1) is 13.6. The Morgan fingerprint density at radius 3 is 1.59 bits per heavy atom. The second-order valence-corrected chi connectivity index (χ2v) is 14.4. The Labute approximate surface area is 177 Å². The molecule has 29 heavy (non-hydrogen) atoms. The Hall–Kier alpha value is -2.22. The molecule has 0 fully saturated rings. The molecule has 2 nitrogen and oxygen atoms in total. The van der Waals surface area contributed by atoms with Gasteiger partial charge in [-0.3, -0.25) is 0 Å². The molecule has 0 radical (unpaired) electrons. The normalized spacial score (nSPS) is 16.5. The summed E-state index contributed by atoms with van der Waals surface area (Å²) in [5, 5.41) is 0. The van der Waals surface area contributed by atoms with Gasteiger partial charge < -0.3 is 0 Å². The number of hydrogen-bond acceptors (Lipinski definition) is 2. The fourth-order valence-electron chi connectivity index (χ4n) is 3.53. The monoisotopic (exact) mass is 454 g/mol. The van der Waals surface area contributed by atoms with Crippen molar-refractivity contribution in [3.05, 3.63) is 83.9 Å². The SMILES string of the molecule is CC(C)(C)c1cc2c(c(C(C)(C)C)c1)O[Se](c1ccccc1)(c1ccccc1)O2. The standard InChI is InChI=1S/C26H30O2Se/c1-25(2,3)19-17-22(26(4,5)6)24-23(18-19)27-29(28-24,20-13-9-7-10-14-20)21-15-11-8-12-16-21/h7-18H,1-6H3. The molecule has 0 spiro atoms. The number of hydrogen-bond donors (Lipinski definition) is 0. The fraction of sp³-hybridized carbons (Fsp3) is 0.308. The van der Waals surface area contributed by atoms with Gasteiger partial charge in [-0.1, -0.05) is 0 Å². The minimum absolute atomic E-state index is 0.0344. The van der Waals surface area contributed by atoms with E-state index in [1.807, 2.05) is 12.1 Å². The molecule has 0 aromatic heterocycles. The molecule has 3 aromatic carbocycles. The van der Waals surface area contributed by atoms with Crippen molar-refractivity contribution in [2.45, 2.75) is 52.4 Å². The number of rotatable bonds is 2. The Kier molecular flexibility index (Phi) is 4.80. The van der Waals surface area contributed by atoms with Gasteiger partial charge in [0.1, 0.15) is 0 Å². The second kappa shape index (κ2) is 6.93.